The Morgan fingerprint density at radius 1 is 1.07 bits per heavy atom. The van der Waals surface area contributed by atoms with Gasteiger partial charge in [-0.2, -0.15) is 0 Å². The highest BCUT2D eigenvalue weighted by molar-refractivity contribution is 5.96. The summed E-state index contributed by atoms with van der Waals surface area (Å²) in [6.45, 7) is 10.9. The van der Waals surface area contributed by atoms with Gasteiger partial charge in [0, 0.05) is 56.0 Å². The minimum atomic E-state index is -1.18. The molecule has 1 saturated heterocycles. The van der Waals surface area contributed by atoms with E-state index in [1.165, 1.54) is 12.1 Å². The van der Waals surface area contributed by atoms with Crippen molar-refractivity contribution in [2.75, 3.05) is 33.4 Å². The lowest BCUT2D eigenvalue weighted by Gasteiger charge is -2.41. The summed E-state index contributed by atoms with van der Waals surface area (Å²) in [6.07, 6.45) is 1.62. The van der Waals surface area contributed by atoms with Crippen LogP contribution in [0.15, 0.2) is 36.4 Å². The molecule has 2 amide bonds. The van der Waals surface area contributed by atoms with Crippen LogP contribution < -0.4 is 4.74 Å². The number of ether oxygens (including phenoxy) is 3. The Bertz CT molecular complexity index is 1240. The van der Waals surface area contributed by atoms with Gasteiger partial charge in [0.15, 0.2) is 0 Å². The molecule has 9 nitrogen and oxygen atoms in total. The Morgan fingerprint density at radius 2 is 1.78 bits per heavy atom. The first-order valence-corrected chi connectivity index (χ1v) is 13.9. The molecule has 2 aromatic carbocycles. The first-order chi connectivity index (χ1) is 19.3. The molecule has 3 rings (SSSR count). The van der Waals surface area contributed by atoms with E-state index in [1.54, 1.807) is 35.1 Å². The number of benzene rings is 2. The van der Waals surface area contributed by atoms with Crippen LogP contribution in [-0.2, 0) is 9.47 Å². The zero-order valence-corrected chi connectivity index (χ0v) is 24.7. The number of carbonyl (C=O) groups is 3. The number of nitrogens with zero attached hydrogens (tertiary/aromatic N) is 2. The van der Waals surface area contributed by atoms with Gasteiger partial charge in [0.25, 0.3) is 5.91 Å². The number of carboxylic acids is 1. The second kappa shape index (κ2) is 13.8. The molecule has 0 spiro atoms. The molecule has 10 heteroatoms. The summed E-state index contributed by atoms with van der Waals surface area (Å²) < 4.78 is 31.5. The molecule has 0 radical (unpaired) electrons. The monoisotopic (exact) mass is 572 g/mol. The van der Waals surface area contributed by atoms with Crippen LogP contribution in [0.25, 0.3) is 11.1 Å². The van der Waals surface area contributed by atoms with Crippen LogP contribution in [0, 0.1) is 5.82 Å². The molecule has 1 N–H and O–H groups in total. The molecular weight excluding hydrogens is 531 g/mol. The van der Waals surface area contributed by atoms with Crippen LogP contribution in [0.2, 0.25) is 0 Å². The summed E-state index contributed by atoms with van der Waals surface area (Å²) in [5.74, 6) is -1.77. The Hall–Kier alpha value is -3.66. The third kappa shape index (κ3) is 8.42. The summed E-state index contributed by atoms with van der Waals surface area (Å²) >= 11 is 0. The highest BCUT2D eigenvalue weighted by atomic mass is 19.1. The van der Waals surface area contributed by atoms with E-state index in [9.17, 15) is 23.9 Å². The van der Waals surface area contributed by atoms with Crippen LogP contribution in [0.3, 0.4) is 0 Å². The van der Waals surface area contributed by atoms with Crippen molar-refractivity contribution in [3.8, 4) is 16.9 Å². The average molecular weight is 573 g/mol. The van der Waals surface area contributed by atoms with Gasteiger partial charge in [0.1, 0.15) is 17.2 Å². The predicted molar refractivity (Wildman–Crippen MR) is 153 cm³/mol. The molecule has 1 aliphatic heterocycles. The molecular formula is C31H41FN2O7. The summed E-state index contributed by atoms with van der Waals surface area (Å²) in [5, 5.41) is 9.43. The quantitative estimate of drug-likeness (QED) is 0.356. The fourth-order valence-electron chi connectivity index (χ4n) is 4.89. The topological polar surface area (TPSA) is 106 Å². The number of carboxylic acid groups (broad SMARTS) is 1. The highest BCUT2D eigenvalue weighted by Crippen LogP contribution is 2.35. The lowest BCUT2D eigenvalue weighted by molar-refractivity contribution is 0.00751. The van der Waals surface area contributed by atoms with Crippen molar-refractivity contribution >= 4 is 18.0 Å². The normalized spacial score (nSPS) is 15.5. The number of carbonyl (C=O) groups excluding carboxylic acids is 2. The van der Waals surface area contributed by atoms with Crippen molar-refractivity contribution in [3.05, 3.63) is 53.3 Å². The summed E-state index contributed by atoms with van der Waals surface area (Å²) in [7, 11) is 1.58. The number of likely N-dealkylation sites (tertiary alicyclic amines) is 1. The fraction of sp³-hybridized carbons (Fsp3) is 0.516. The van der Waals surface area contributed by atoms with Gasteiger partial charge in [-0.15, -0.1) is 0 Å². The molecule has 2 aromatic rings. The van der Waals surface area contributed by atoms with E-state index in [0.717, 1.165) is 18.9 Å². The van der Waals surface area contributed by atoms with E-state index >= 15 is 0 Å². The molecule has 0 saturated carbocycles. The first kappa shape index (κ1) is 31.9. The van der Waals surface area contributed by atoms with Gasteiger partial charge in [-0.1, -0.05) is 0 Å². The van der Waals surface area contributed by atoms with Gasteiger partial charge in [-0.05, 0) is 83.9 Å². The molecule has 1 atom stereocenters. The van der Waals surface area contributed by atoms with Crippen LogP contribution in [0.5, 0.6) is 5.75 Å². The van der Waals surface area contributed by atoms with E-state index < -0.39 is 23.5 Å². The van der Waals surface area contributed by atoms with E-state index in [4.69, 9.17) is 14.2 Å². The fourth-order valence-corrected chi connectivity index (χ4v) is 4.89. The lowest BCUT2D eigenvalue weighted by Crippen LogP contribution is -2.54. The van der Waals surface area contributed by atoms with Crippen molar-refractivity contribution in [2.24, 2.45) is 0 Å². The number of halogens is 1. The zero-order valence-electron chi connectivity index (χ0n) is 24.7. The maximum Gasteiger partial charge on any atom is 0.410 e. The third-order valence-corrected chi connectivity index (χ3v) is 6.71. The van der Waals surface area contributed by atoms with Gasteiger partial charge in [0.2, 0.25) is 0 Å². The average Bonchev–Trinajstić information content (AvgIpc) is 2.90. The zero-order chi connectivity index (χ0) is 30.3. The number of hydrogen-bond acceptors (Lipinski definition) is 6. The Morgan fingerprint density at radius 3 is 2.41 bits per heavy atom. The van der Waals surface area contributed by atoms with Crippen LogP contribution >= 0.6 is 0 Å². The van der Waals surface area contributed by atoms with Crippen LogP contribution in [0.1, 0.15) is 74.6 Å². The van der Waals surface area contributed by atoms with E-state index in [0.29, 0.717) is 37.2 Å². The van der Waals surface area contributed by atoms with Crippen LogP contribution in [-0.4, -0.2) is 84.0 Å². The molecule has 41 heavy (non-hydrogen) atoms. The minimum Gasteiger partial charge on any atom is -0.493 e. The van der Waals surface area contributed by atoms with Crippen molar-refractivity contribution in [3.63, 3.8) is 0 Å². The maximum atomic E-state index is 14.9. The minimum absolute atomic E-state index is 0.0617. The van der Waals surface area contributed by atoms with Gasteiger partial charge in [-0.3, -0.25) is 4.79 Å². The molecule has 0 unspecified atom stereocenters. The molecule has 1 fully saturated rings. The second-order valence-electron chi connectivity index (χ2n) is 11.4. The summed E-state index contributed by atoms with van der Waals surface area (Å²) in [6, 6.07) is 7.91. The molecule has 1 aliphatic rings. The molecule has 1 heterocycles. The Balaban J connectivity index is 1.95. The smallest absolute Gasteiger partial charge is 0.410 e. The van der Waals surface area contributed by atoms with Gasteiger partial charge < -0.3 is 29.1 Å². The van der Waals surface area contributed by atoms with Crippen molar-refractivity contribution < 1.29 is 38.1 Å². The van der Waals surface area contributed by atoms with Crippen molar-refractivity contribution in [1.82, 2.24) is 9.80 Å². The number of aromatic carboxylic acids is 1. The second-order valence-corrected chi connectivity index (χ2v) is 11.4. The van der Waals surface area contributed by atoms with Crippen LogP contribution in [0.4, 0.5) is 9.18 Å². The Kier molecular flexibility index (Phi) is 10.7. The molecule has 224 valence electrons. The lowest BCUT2D eigenvalue weighted by atomic mass is 9.98. The molecule has 0 bridgehead atoms. The van der Waals surface area contributed by atoms with E-state index in [1.807, 2.05) is 34.6 Å². The predicted octanol–water partition coefficient (Wildman–Crippen LogP) is 5.86. The summed E-state index contributed by atoms with van der Waals surface area (Å²) in [4.78, 5) is 41.7. The third-order valence-electron chi connectivity index (χ3n) is 6.71. The SMILES string of the molecule is COCCCOc1cc(C(=O)N(C(C)C)[C@@H]2CCCN(C(=O)OC(C)(C)C)C2)ccc1-c1cc(C(=O)O)ccc1F. The molecule has 0 aliphatic carbocycles. The van der Waals surface area contributed by atoms with Gasteiger partial charge >= 0.3 is 12.1 Å². The number of piperidine rings is 1. The first-order valence-electron chi connectivity index (χ1n) is 13.9. The largest absolute Gasteiger partial charge is 0.493 e. The number of methoxy groups -OCH3 is 1. The number of amides is 2. The molecule has 0 aromatic heterocycles. The van der Waals surface area contributed by atoms with E-state index in [2.05, 4.69) is 0 Å². The van der Waals surface area contributed by atoms with Crippen molar-refractivity contribution in [1.29, 1.82) is 0 Å². The maximum absolute atomic E-state index is 14.9. The number of rotatable bonds is 10. The highest BCUT2D eigenvalue weighted by Gasteiger charge is 2.34. The summed E-state index contributed by atoms with van der Waals surface area (Å²) in [5.41, 5.74) is 0.0526. The van der Waals surface area contributed by atoms with E-state index in [-0.39, 0.29) is 41.5 Å². The van der Waals surface area contributed by atoms with Gasteiger partial charge in [-0.25, -0.2) is 14.0 Å². The number of hydrogen-bond donors (Lipinski definition) is 1. The van der Waals surface area contributed by atoms with Gasteiger partial charge in [0.05, 0.1) is 18.2 Å². The van der Waals surface area contributed by atoms with Crippen molar-refractivity contribution in [2.45, 2.75) is 71.6 Å². The standard InChI is InChI=1S/C31H41FN2O7/c1-20(2)34(23-9-7-14-33(19-23)30(38)41-31(3,4)5)28(35)21-10-12-24(27(18-21)40-16-8-15-39-6)25-17-22(29(36)37)11-13-26(25)32/h10-13,17-18,20,23H,7-9,14-16,19H2,1-6H3,(H,36,37)/t23-/m1/s1. The Labute approximate surface area is 241 Å².